The molecule has 0 aliphatic carbocycles. The molecule has 1 N–H and O–H groups in total. The van der Waals surface area contributed by atoms with E-state index in [2.05, 4.69) is 10.3 Å². The van der Waals surface area contributed by atoms with E-state index < -0.39 is 0 Å². The number of anilines is 1. The standard InChI is InChI=1S/C21H18N2O2/c24-21(12-11-17-6-2-1-3-7-17)23-19-9-4-10-20(14-19)25-16-18-8-5-13-22-15-18/h1-15H,16H2,(H,23,24)/b12-11+. The first kappa shape index (κ1) is 16.5. The zero-order valence-corrected chi connectivity index (χ0v) is 13.6. The van der Waals surface area contributed by atoms with Gasteiger partial charge in [0.2, 0.25) is 5.91 Å². The van der Waals surface area contributed by atoms with Gasteiger partial charge >= 0.3 is 0 Å². The van der Waals surface area contributed by atoms with Gasteiger partial charge in [-0.2, -0.15) is 0 Å². The van der Waals surface area contributed by atoms with Crippen molar-refractivity contribution in [1.29, 1.82) is 0 Å². The molecule has 2 aromatic carbocycles. The molecule has 0 bridgehead atoms. The van der Waals surface area contributed by atoms with Crippen molar-refractivity contribution in [2.24, 2.45) is 0 Å². The number of pyridine rings is 1. The van der Waals surface area contributed by atoms with Gasteiger partial charge in [-0.25, -0.2) is 0 Å². The Hall–Kier alpha value is -3.40. The third-order valence-electron chi connectivity index (χ3n) is 3.46. The molecular weight excluding hydrogens is 312 g/mol. The lowest BCUT2D eigenvalue weighted by molar-refractivity contribution is -0.111. The van der Waals surface area contributed by atoms with E-state index in [-0.39, 0.29) is 5.91 Å². The molecule has 0 aliphatic heterocycles. The zero-order chi connectivity index (χ0) is 17.3. The third kappa shape index (κ3) is 5.32. The van der Waals surface area contributed by atoms with Crippen LogP contribution in [0.25, 0.3) is 6.08 Å². The second-order valence-corrected chi connectivity index (χ2v) is 5.41. The van der Waals surface area contributed by atoms with Gasteiger partial charge in [0.1, 0.15) is 12.4 Å². The number of ether oxygens (including phenoxy) is 1. The highest BCUT2D eigenvalue weighted by Crippen LogP contribution is 2.18. The van der Waals surface area contributed by atoms with Crippen molar-refractivity contribution in [2.75, 3.05) is 5.32 Å². The van der Waals surface area contributed by atoms with Crippen LogP contribution in [0.1, 0.15) is 11.1 Å². The summed E-state index contributed by atoms with van der Waals surface area (Å²) < 4.78 is 5.73. The molecule has 0 saturated heterocycles. The Bertz CT molecular complexity index is 846. The molecule has 3 rings (SSSR count). The highest BCUT2D eigenvalue weighted by atomic mass is 16.5. The molecule has 1 heterocycles. The molecule has 25 heavy (non-hydrogen) atoms. The van der Waals surface area contributed by atoms with Crippen molar-refractivity contribution >= 4 is 17.7 Å². The van der Waals surface area contributed by atoms with Crippen molar-refractivity contribution in [2.45, 2.75) is 6.61 Å². The molecule has 0 unspecified atom stereocenters. The van der Waals surface area contributed by atoms with Crippen LogP contribution in [0.5, 0.6) is 5.75 Å². The first-order valence-electron chi connectivity index (χ1n) is 7.95. The molecule has 0 spiro atoms. The lowest BCUT2D eigenvalue weighted by Crippen LogP contribution is -2.07. The summed E-state index contributed by atoms with van der Waals surface area (Å²) in [5.74, 6) is 0.502. The number of carbonyl (C=O) groups excluding carboxylic acids is 1. The van der Waals surface area contributed by atoms with Gasteiger partial charge in [0.05, 0.1) is 0 Å². The van der Waals surface area contributed by atoms with E-state index in [9.17, 15) is 4.79 Å². The average Bonchev–Trinajstić information content (AvgIpc) is 2.67. The fraction of sp³-hybridized carbons (Fsp3) is 0.0476. The molecule has 3 aromatic rings. The molecule has 0 fully saturated rings. The van der Waals surface area contributed by atoms with Crippen LogP contribution in [0.3, 0.4) is 0 Å². The molecule has 0 saturated carbocycles. The first-order valence-corrected chi connectivity index (χ1v) is 7.95. The fourth-order valence-electron chi connectivity index (χ4n) is 2.23. The van der Waals surface area contributed by atoms with Crippen LogP contribution in [-0.2, 0) is 11.4 Å². The van der Waals surface area contributed by atoms with Gasteiger partial charge in [0.25, 0.3) is 0 Å². The molecule has 0 atom stereocenters. The Balaban J connectivity index is 1.57. The summed E-state index contributed by atoms with van der Waals surface area (Å²) in [5, 5.41) is 2.83. The monoisotopic (exact) mass is 330 g/mol. The quantitative estimate of drug-likeness (QED) is 0.685. The van der Waals surface area contributed by atoms with E-state index in [1.54, 1.807) is 24.5 Å². The van der Waals surface area contributed by atoms with Gasteiger partial charge in [-0.1, -0.05) is 42.5 Å². The minimum atomic E-state index is -0.187. The number of hydrogen-bond donors (Lipinski definition) is 1. The highest BCUT2D eigenvalue weighted by molar-refractivity contribution is 6.02. The number of benzene rings is 2. The second-order valence-electron chi connectivity index (χ2n) is 5.41. The van der Waals surface area contributed by atoms with E-state index in [1.807, 2.05) is 60.7 Å². The van der Waals surface area contributed by atoms with E-state index in [4.69, 9.17) is 4.74 Å². The summed E-state index contributed by atoms with van der Waals surface area (Å²) in [7, 11) is 0. The van der Waals surface area contributed by atoms with E-state index >= 15 is 0 Å². The van der Waals surface area contributed by atoms with Crippen LogP contribution < -0.4 is 10.1 Å². The zero-order valence-electron chi connectivity index (χ0n) is 13.6. The molecular formula is C21H18N2O2. The number of carbonyl (C=O) groups is 1. The molecule has 1 aromatic heterocycles. The average molecular weight is 330 g/mol. The van der Waals surface area contributed by atoms with Gasteiger partial charge in [-0.15, -0.1) is 0 Å². The summed E-state index contributed by atoms with van der Waals surface area (Å²) in [6, 6.07) is 20.8. The van der Waals surface area contributed by atoms with E-state index in [0.29, 0.717) is 18.0 Å². The van der Waals surface area contributed by atoms with E-state index in [1.165, 1.54) is 6.08 Å². The van der Waals surface area contributed by atoms with Gasteiger partial charge < -0.3 is 10.1 Å². The van der Waals surface area contributed by atoms with Crippen LogP contribution in [-0.4, -0.2) is 10.9 Å². The maximum atomic E-state index is 12.0. The third-order valence-corrected chi connectivity index (χ3v) is 3.46. The molecule has 1 amide bonds. The molecule has 4 heteroatoms. The van der Waals surface area contributed by atoms with Crippen LogP contribution >= 0.6 is 0 Å². The number of nitrogens with zero attached hydrogens (tertiary/aromatic N) is 1. The van der Waals surface area contributed by atoms with Crippen molar-refractivity contribution in [3.8, 4) is 5.75 Å². The Labute approximate surface area is 146 Å². The van der Waals surface area contributed by atoms with Crippen molar-refractivity contribution in [3.05, 3.63) is 96.3 Å². The lowest BCUT2D eigenvalue weighted by Gasteiger charge is -2.08. The Morgan fingerprint density at radius 2 is 1.92 bits per heavy atom. The van der Waals surface area contributed by atoms with E-state index in [0.717, 1.165) is 11.1 Å². The smallest absolute Gasteiger partial charge is 0.248 e. The molecule has 4 nitrogen and oxygen atoms in total. The van der Waals surface area contributed by atoms with Gasteiger partial charge in [0.15, 0.2) is 0 Å². The maximum absolute atomic E-state index is 12.0. The van der Waals surface area contributed by atoms with Gasteiger partial charge in [0, 0.05) is 35.8 Å². The van der Waals surface area contributed by atoms with Crippen molar-refractivity contribution in [1.82, 2.24) is 4.98 Å². The summed E-state index contributed by atoms with van der Waals surface area (Å²) in [4.78, 5) is 16.1. The maximum Gasteiger partial charge on any atom is 0.248 e. The van der Waals surface area contributed by atoms with Crippen molar-refractivity contribution in [3.63, 3.8) is 0 Å². The molecule has 0 aliphatic rings. The van der Waals surface area contributed by atoms with Crippen LogP contribution in [0.2, 0.25) is 0 Å². The SMILES string of the molecule is O=C(/C=C/c1ccccc1)Nc1cccc(OCc2cccnc2)c1. The Morgan fingerprint density at radius 3 is 2.72 bits per heavy atom. The van der Waals surface area contributed by atoms with Crippen LogP contribution in [0.4, 0.5) is 5.69 Å². The topological polar surface area (TPSA) is 51.2 Å². The number of rotatable bonds is 6. The number of amides is 1. The number of nitrogens with one attached hydrogen (secondary N) is 1. The minimum Gasteiger partial charge on any atom is -0.489 e. The predicted molar refractivity (Wildman–Crippen MR) is 99.1 cm³/mol. The van der Waals surface area contributed by atoms with Crippen molar-refractivity contribution < 1.29 is 9.53 Å². The highest BCUT2D eigenvalue weighted by Gasteiger charge is 2.01. The van der Waals surface area contributed by atoms with Crippen LogP contribution in [0, 0.1) is 0 Å². The van der Waals surface area contributed by atoms with Crippen LogP contribution in [0.15, 0.2) is 85.2 Å². The minimum absolute atomic E-state index is 0.187. The lowest BCUT2D eigenvalue weighted by atomic mass is 10.2. The fourth-order valence-corrected chi connectivity index (χ4v) is 2.23. The summed E-state index contributed by atoms with van der Waals surface area (Å²) in [6.07, 6.45) is 6.78. The Kier molecular flexibility index (Phi) is 5.56. The van der Waals surface area contributed by atoms with Gasteiger partial charge in [-0.05, 0) is 29.8 Å². The number of hydrogen-bond acceptors (Lipinski definition) is 3. The summed E-state index contributed by atoms with van der Waals surface area (Å²) in [5.41, 5.74) is 2.65. The second kappa shape index (κ2) is 8.45. The van der Waals surface area contributed by atoms with Gasteiger partial charge in [-0.3, -0.25) is 9.78 Å². The summed E-state index contributed by atoms with van der Waals surface area (Å²) in [6.45, 7) is 0.430. The molecule has 0 radical (unpaired) electrons. The first-order chi connectivity index (χ1) is 12.3. The normalized spacial score (nSPS) is 10.6. The largest absolute Gasteiger partial charge is 0.489 e. The predicted octanol–water partition coefficient (Wildman–Crippen LogP) is 4.31. The summed E-state index contributed by atoms with van der Waals surface area (Å²) >= 11 is 0. The Morgan fingerprint density at radius 1 is 1.04 bits per heavy atom. The number of aromatic nitrogens is 1. The molecule has 124 valence electrons.